The lowest BCUT2D eigenvalue weighted by Crippen LogP contribution is -2.07. The number of rotatable bonds is 2. The highest BCUT2D eigenvalue weighted by Crippen LogP contribution is 1.94. The second-order valence-electron chi connectivity index (χ2n) is 2.30. The predicted molar refractivity (Wildman–Crippen MR) is 44.7 cm³/mol. The summed E-state index contributed by atoms with van der Waals surface area (Å²) in [5, 5.41) is 11.0. The van der Waals surface area contributed by atoms with Crippen molar-refractivity contribution in [2.75, 3.05) is 0 Å². The van der Waals surface area contributed by atoms with Crippen LogP contribution in [0, 0.1) is 11.2 Å². The van der Waals surface area contributed by atoms with Gasteiger partial charge < -0.3 is 0 Å². The molecule has 0 saturated heterocycles. The van der Waals surface area contributed by atoms with Gasteiger partial charge in [-0.2, -0.15) is 5.10 Å². The van der Waals surface area contributed by atoms with Crippen molar-refractivity contribution in [3.8, 4) is 0 Å². The Bertz CT molecular complexity index is 301. The Morgan fingerprint density at radius 1 is 1.83 bits per heavy atom. The Hall–Kier alpha value is -1.45. The summed E-state index contributed by atoms with van der Waals surface area (Å²) in [6, 6.07) is 0. The predicted octanol–water partition coefficient (Wildman–Crippen LogP) is 1.81. The van der Waals surface area contributed by atoms with Gasteiger partial charge in [-0.1, -0.05) is 13.0 Å². The second kappa shape index (κ2) is 3.80. The van der Waals surface area contributed by atoms with Gasteiger partial charge in [0.05, 0.1) is 12.4 Å². The van der Waals surface area contributed by atoms with Crippen LogP contribution in [0.2, 0.25) is 0 Å². The Labute approximate surface area is 70.0 Å². The highest BCUT2D eigenvalue weighted by atomic mass is 19.1. The minimum atomic E-state index is -0.426. The van der Waals surface area contributed by atoms with E-state index < -0.39 is 5.82 Å². The monoisotopic (exact) mass is 167 g/mol. The summed E-state index contributed by atoms with van der Waals surface area (Å²) in [7, 11) is 0. The van der Waals surface area contributed by atoms with E-state index in [0.29, 0.717) is 0 Å². The van der Waals surface area contributed by atoms with Crippen LogP contribution >= 0.6 is 0 Å². The normalized spacial score (nSPS) is 10.8. The number of nitrogens with zero attached hydrogens (tertiary/aromatic N) is 2. The maximum atomic E-state index is 12.4. The number of nitrogens with one attached hydrogen (secondary N) is 1. The first kappa shape index (κ1) is 8.64. The Morgan fingerprint density at radius 3 is 3.08 bits per heavy atom. The molecular formula is C8H10FN3. The number of hydrogen-bond donors (Lipinski definition) is 1. The molecule has 0 spiro atoms. The van der Waals surface area contributed by atoms with Gasteiger partial charge in [0, 0.05) is 0 Å². The van der Waals surface area contributed by atoms with Gasteiger partial charge in [-0.15, -0.1) is 0 Å². The highest BCUT2D eigenvalue weighted by Gasteiger charge is 1.98. The molecule has 1 aromatic rings. The van der Waals surface area contributed by atoms with Crippen LogP contribution in [0.15, 0.2) is 24.5 Å². The molecule has 4 heteroatoms. The SMILES string of the molecule is CC/C=C\C(=N)n1cc(F)cn1. The van der Waals surface area contributed by atoms with Crippen molar-refractivity contribution in [3.63, 3.8) is 0 Å². The van der Waals surface area contributed by atoms with E-state index in [1.165, 1.54) is 10.9 Å². The zero-order chi connectivity index (χ0) is 8.97. The third-order valence-electron chi connectivity index (χ3n) is 1.31. The van der Waals surface area contributed by atoms with Crippen LogP contribution in [0.5, 0.6) is 0 Å². The molecule has 0 amide bonds. The molecule has 64 valence electrons. The Morgan fingerprint density at radius 2 is 2.58 bits per heavy atom. The number of hydrogen-bond acceptors (Lipinski definition) is 2. The van der Waals surface area contributed by atoms with E-state index in [1.54, 1.807) is 6.08 Å². The van der Waals surface area contributed by atoms with Crippen LogP contribution in [0.1, 0.15) is 13.3 Å². The largest absolute Gasteiger partial charge is 0.283 e. The van der Waals surface area contributed by atoms with E-state index in [1.807, 2.05) is 13.0 Å². The van der Waals surface area contributed by atoms with Crippen molar-refractivity contribution in [2.24, 2.45) is 0 Å². The van der Waals surface area contributed by atoms with E-state index in [2.05, 4.69) is 5.10 Å². The number of aromatic nitrogens is 2. The van der Waals surface area contributed by atoms with E-state index in [4.69, 9.17) is 5.41 Å². The van der Waals surface area contributed by atoms with Crippen LogP contribution in [0.4, 0.5) is 4.39 Å². The molecule has 0 saturated carbocycles. The van der Waals surface area contributed by atoms with E-state index in [9.17, 15) is 4.39 Å². The van der Waals surface area contributed by atoms with E-state index in [0.717, 1.165) is 12.6 Å². The van der Waals surface area contributed by atoms with Gasteiger partial charge in [0.1, 0.15) is 5.84 Å². The van der Waals surface area contributed by atoms with Crippen LogP contribution in [-0.4, -0.2) is 15.6 Å². The van der Waals surface area contributed by atoms with Crippen LogP contribution in [0.25, 0.3) is 0 Å². The molecule has 1 aromatic heterocycles. The molecule has 1 N–H and O–H groups in total. The third kappa shape index (κ3) is 2.02. The van der Waals surface area contributed by atoms with Gasteiger partial charge in [-0.05, 0) is 12.5 Å². The maximum absolute atomic E-state index is 12.4. The lowest BCUT2D eigenvalue weighted by molar-refractivity contribution is 0.627. The van der Waals surface area contributed by atoms with Crippen molar-refractivity contribution >= 4 is 5.84 Å². The standard InChI is InChI=1S/C8H10FN3/c1-2-3-4-8(10)12-6-7(9)5-11-12/h3-6,10H,2H2,1H3/b4-3-,10-8?. The fraction of sp³-hybridized carbons (Fsp3) is 0.250. The molecule has 0 atom stereocenters. The lowest BCUT2D eigenvalue weighted by Gasteiger charge is -1.94. The molecule has 1 rings (SSSR count). The molecule has 0 aliphatic heterocycles. The first-order valence-electron chi connectivity index (χ1n) is 3.69. The molecule has 0 aromatic carbocycles. The lowest BCUT2D eigenvalue weighted by atomic mass is 10.4. The Balaban J connectivity index is 2.72. The van der Waals surface area contributed by atoms with Gasteiger partial charge in [-0.25, -0.2) is 9.07 Å². The fourth-order valence-corrected chi connectivity index (χ4v) is 0.738. The number of halogens is 1. The molecule has 1 heterocycles. The highest BCUT2D eigenvalue weighted by molar-refractivity contribution is 5.91. The van der Waals surface area contributed by atoms with Crippen molar-refractivity contribution in [1.82, 2.24) is 9.78 Å². The summed E-state index contributed by atoms with van der Waals surface area (Å²) in [4.78, 5) is 0. The summed E-state index contributed by atoms with van der Waals surface area (Å²) in [6.45, 7) is 1.97. The van der Waals surface area contributed by atoms with Crippen LogP contribution < -0.4 is 0 Å². The van der Waals surface area contributed by atoms with Crippen molar-refractivity contribution in [1.29, 1.82) is 5.41 Å². The smallest absolute Gasteiger partial charge is 0.161 e. The fourth-order valence-electron chi connectivity index (χ4n) is 0.738. The molecule has 0 bridgehead atoms. The summed E-state index contributed by atoms with van der Waals surface area (Å²) in [5.41, 5.74) is 0. The number of allylic oxidation sites excluding steroid dienone is 2. The average molecular weight is 167 g/mol. The first-order valence-corrected chi connectivity index (χ1v) is 3.69. The van der Waals surface area contributed by atoms with Crippen molar-refractivity contribution in [3.05, 3.63) is 30.4 Å². The van der Waals surface area contributed by atoms with Gasteiger partial charge in [0.25, 0.3) is 0 Å². The second-order valence-corrected chi connectivity index (χ2v) is 2.30. The van der Waals surface area contributed by atoms with Crippen LogP contribution in [-0.2, 0) is 0 Å². The minimum Gasteiger partial charge on any atom is -0.283 e. The van der Waals surface area contributed by atoms with Gasteiger partial charge in [0.15, 0.2) is 5.82 Å². The first-order chi connectivity index (χ1) is 5.74. The molecule has 0 aliphatic carbocycles. The quantitative estimate of drug-likeness (QED) is 0.529. The topological polar surface area (TPSA) is 41.7 Å². The van der Waals surface area contributed by atoms with Gasteiger partial charge in [0.2, 0.25) is 0 Å². The van der Waals surface area contributed by atoms with E-state index >= 15 is 0 Å². The summed E-state index contributed by atoms with van der Waals surface area (Å²) in [5.74, 6) is -0.259. The molecule has 0 aliphatic rings. The van der Waals surface area contributed by atoms with Crippen LogP contribution in [0.3, 0.4) is 0 Å². The Kier molecular flexibility index (Phi) is 2.74. The third-order valence-corrected chi connectivity index (χ3v) is 1.31. The van der Waals surface area contributed by atoms with Gasteiger partial charge >= 0.3 is 0 Å². The summed E-state index contributed by atoms with van der Waals surface area (Å²) < 4.78 is 13.6. The van der Waals surface area contributed by atoms with E-state index in [-0.39, 0.29) is 5.84 Å². The summed E-state index contributed by atoms with van der Waals surface area (Å²) >= 11 is 0. The summed E-state index contributed by atoms with van der Waals surface area (Å²) in [6.07, 6.45) is 6.51. The minimum absolute atomic E-state index is 0.167. The van der Waals surface area contributed by atoms with Crippen molar-refractivity contribution < 1.29 is 4.39 Å². The molecule has 0 unspecified atom stereocenters. The zero-order valence-electron chi connectivity index (χ0n) is 6.79. The molecule has 0 fully saturated rings. The molecule has 0 radical (unpaired) electrons. The molecular weight excluding hydrogens is 157 g/mol. The molecule has 3 nitrogen and oxygen atoms in total. The zero-order valence-corrected chi connectivity index (χ0v) is 6.79. The van der Waals surface area contributed by atoms with Gasteiger partial charge in [-0.3, -0.25) is 5.41 Å². The van der Waals surface area contributed by atoms with Crippen molar-refractivity contribution in [2.45, 2.75) is 13.3 Å². The maximum Gasteiger partial charge on any atom is 0.161 e. The molecule has 12 heavy (non-hydrogen) atoms. The average Bonchev–Trinajstić information content (AvgIpc) is 2.47.